The van der Waals surface area contributed by atoms with Gasteiger partial charge in [-0.3, -0.25) is 0 Å². The molecule has 3 N–H and O–H groups in total. The van der Waals surface area contributed by atoms with Crippen molar-refractivity contribution in [3.05, 3.63) is 12.3 Å². The van der Waals surface area contributed by atoms with E-state index in [1.165, 1.54) is 0 Å². The zero-order valence-corrected chi connectivity index (χ0v) is 9.23. The fraction of sp³-hybridized carbons (Fsp3) is 0.600. The van der Waals surface area contributed by atoms with Crippen LogP contribution in [-0.2, 0) is 0 Å². The number of anilines is 1. The van der Waals surface area contributed by atoms with Crippen molar-refractivity contribution in [3.63, 3.8) is 0 Å². The smallest absolute Gasteiger partial charge is 0.226 e. The quantitative estimate of drug-likeness (QED) is 0.733. The molecule has 15 heavy (non-hydrogen) atoms. The first kappa shape index (κ1) is 11.7. The molecule has 0 aromatic carbocycles. The van der Waals surface area contributed by atoms with Gasteiger partial charge < -0.3 is 15.8 Å². The second kappa shape index (κ2) is 6.19. The summed E-state index contributed by atoms with van der Waals surface area (Å²) in [7, 11) is 1.58. The molecular weight excluding hydrogens is 192 g/mol. The number of hydrogen-bond donors (Lipinski definition) is 2. The minimum atomic E-state index is 0.224. The average Bonchev–Trinajstić information content (AvgIpc) is 2.29. The van der Waals surface area contributed by atoms with Crippen LogP contribution in [0, 0.1) is 0 Å². The molecular formula is C10H18N4O. The second-order valence-corrected chi connectivity index (χ2v) is 3.29. The van der Waals surface area contributed by atoms with E-state index in [1.807, 2.05) is 0 Å². The number of rotatable bonds is 6. The Morgan fingerprint density at radius 3 is 3.00 bits per heavy atom. The van der Waals surface area contributed by atoms with Crippen molar-refractivity contribution >= 4 is 5.95 Å². The zero-order valence-electron chi connectivity index (χ0n) is 9.23. The molecule has 1 aromatic heterocycles. The van der Waals surface area contributed by atoms with Gasteiger partial charge >= 0.3 is 0 Å². The van der Waals surface area contributed by atoms with Crippen LogP contribution in [-0.4, -0.2) is 29.7 Å². The van der Waals surface area contributed by atoms with Gasteiger partial charge in [0.25, 0.3) is 0 Å². The van der Waals surface area contributed by atoms with E-state index in [0.717, 1.165) is 12.8 Å². The van der Waals surface area contributed by atoms with Crippen molar-refractivity contribution in [1.29, 1.82) is 0 Å². The molecule has 0 radical (unpaired) electrons. The number of hydrogen-bond acceptors (Lipinski definition) is 5. The Labute approximate surface area is 90.1 Å². The average molecular weight is 210 g/mol. The van der Waals surface area contributed by atoms with Crippen LogP contribution in [0.3, 0.4) is 0 Å². The number of nitrogens with zero attached hydrogens (tertiary/aromatic N) is 2. The van der Waals surface area contributed by atoms with Crippen LogP contribution in [0.4, 0.5) is 5.95 Å². The summed E-state index contributed by atoms with van der Waals surface area (Å²) >= 11 is 0. The summed E-state index contributed by atoms with van der Waals surface area (Å²) in [6, 6.07) is 1.93. The standard InChI is InChI=1S/C10H18N4O/c1-3-4-8(7-11)13-10-12-6-5-9(14-10)15-2/h5-6,8H,3-4,7,11H2,1-2H3,(H,12,13,14). The van der Waals surface area contributed by atoms with E-state index < -0.39 is 0 Å². The first-order valence-electron chi connectivity index (χ1n) is 5.13. The molecule has 0 saturated heterocycles. The van der Waals surface area contributed by atoms with Gasteiger partial charge in [-0.15, -0.1) is 0 Å². The molecule has 1 atom stereocenters. The van der Waals surface area contributed by atoms with Gasteiger partial charge in [0.2, 0.25) is 11.8 Å². The maximum Gasteiger partial charge on any atom is 0.226 e. The predicted octanol–water partition coefficient (Wildman–Crippen LogP) is 1.02. The molecule has 0 spiro atoms. The Morgan fingerprint density at radius 1 is 1.60 bits per heavy atom. The Balaban J connectivity index is 2.61. The molecule has 0 aliphatic rings. The van der Waals surface area contributed by atoms with Gasteiger partial charge in [0.1, 0.15) is 0 Å². The normalized spacial score (nSPS) is 12.2. The third-order valence-corrected chi connectivity index (χ3v) is 2.09. The summed E-state index contributed by atoms with van der Waals surface area (Å²) in [6.07, 6.45) is 3.75. The lowest BCUT2D eigenvalue weighted by molar-refractivity contribution is 0.397. The maximum atomic E-state index is 5.63. The Hall–Kier alpha value is -1.36. The van der Waals surface area contributed by atoms with E-state index in [1.54, 1.807) is 19.4 Å². The van der Waals surface area contributed by atoms with Crippen molar-refractivity contribution in [2.75, 3.05) is 19.0 Å². The van der Waals surface area contributed by atoms with Gasteiger partial charge in [0.15, 0.2) is 0 Å². The predicted molar refractivity (Wildman–Crippen MR) is 60.0 cm³/mol. The number of nitrogens with one attached hydrogen (secondary N) is 1. The van der Waals surface area contributed by atoms with Crippen molar-refractivity contribution < 1.29 is 4.74 Å². The molecule has 0 saturated carbocycles. The summed E-state index contributed by atoms with van der Waals surface area (Å²) in [5.74, 6) is 1.12. The lowest BCUT2D eigenvalue weighted by Gasteiger charge is -2.15. The van der Waals surface area contributed by atoms with E-state index in [-0.39, 0.29) is 6.04 Å². The summed E-state index contributed by atoms with van der Waals surface area (Å²) in [6.45, 7) is 2.70. The highest BCUT2D eigenvalue weighted by atomic mass is 16.5. The minimum Gasteiger partial charge on any atom is -0.481 e. The highest BCUT2D eigenvalue weighted by Gasteiger charge is 2.07. The van der Waals surface area contributed by atoms with Crippen LogP contribution in [0.5, 0.6) is 5.88 Å². The van der Waals surface area contributed by atoms with Crippen LogP contribution in [0.1, 0.15) is 19.8 Å². The summed E-state index contributed by atoms with van der Waals surface area (Å²) in [4.78, 5) is 8.26. The summed E-state index contributed by atoms with van der Waals surface area (Å²) in [5.41, 5.74) is 5.63. The minimum absolute atomic E-state index is 0.224. The first-order valence-corrected chi connectivity index (χ1v) is 5.13. The van der Waals surface area contributed by atoms with Crippen molar-refractivity contribution in [2.45, 2.75) is 25.8 Å². The molecule has 1 heterocycles. The van der Waals surface area contributed by atoms with Gasteiger partial charge in [-0.1, -0.05) is 13.3 Å². The van der Waals surface area contributed by atoms with E-state index in [2.05, 4.69) is 22.2 Å². The van der Waals surface area contributed by atoms with Gasteiger partial charge in [0, 0.05) is 24.8 Å². The molecule has 5 nitrogen and oxygen atoms in total. The lowest BCUT2D eigenvalue weighted by atomic mass is 10.2. The Kier molecular flexibility index (Phi) is 4.83. The number of methoxy groups -OCH3 is 1. The Bertz CT molecular complexity index is 293. The van der Waals surface area contributed by atoms with Crippen LogP contribution >= 0.6 is 0 Å². The summed E-state index contributed by atoms with van der Waals surface area (Å²) in [5, 5.41) is 3.18. The van der Waals surface area contributed by atoms with Gasteiger partial charge in [-0.05, 0) is 6.42 Å². The molecule has 0 aliphatic carbocycles. The molecule has 84 valence electrons. The molecule has 0 aliphatic heterocycles. The molecule has 1 aromatic rings. The van der Waals surface area contributed by atoms with Crippen molar-refractivity contribution in [1.82, 2.24) is 9.97 Å². The van der Waals surface area contributed by atoms with Crippen LogP contribution < -0.4 is 15.8 Å². The summed E-state index contributed by atoms with van der Waals surface area (Å²) < 4.78 is 5.01. The van der Waals surface area contributed by atoms with Crippen molar-refractivity contribution in [3.8, 4) is 5.88 Å². The topological polar surface area (TPSA) is 73.1 Å². The SMILES string of the molecule is CCCC(CN)Nc1nccc(OC)n1. The third kappa shape index (κ3) is 3.71. The lowest BCUT2D eigenvalue weighted by Crippen LogP contribution is -2.29. The van der Waals surface area contributed by atoms with E-state index in [0.29, 0.717) is 18.4 Å². The fourth-order valence-electron chi connectivity index (χ4n) is 1.31. The van der Waals surface area contributed by atoms with Crippen LogP contribution in [0.25, 0.3) is 0 Å². The maximum absolute atomic E-state index is 5.63. The molecule has 0 amide bonds. The van der Waals surface area contributed by atoms with Gasteiger partial charge in [0.05, 0.1) is 7.11 Å². The van der Waals surface area contributed by atoms with Gasteiger partial charge in [-0.2, -0.15) is 4.98 Å². The van der Waals surface area contributed by atoms with Crippen LogP contribution in [0.15, 0.2) is 12.3 Å². The molecule has 1 rings (SSSR count). The van der Waals surface area contributed by atoms with Crippen LogP contribution in [0.2, 0.25) is 0 Å². The number of nitrogens with two attached hydrogens (primary N) is 1. The van der Waals surface area contributed by atoms with E-state index in [4.69, 9.17) is 10.5 Å². The van der Waals surface area contributed by atoms with Gasteiger partial charge in [-0.25, -0.2) is 4.98 Å². The molecule has 0 fully saturated rings. The van der Waals surface area contributed by atoms with E-state index in [9.17, 15) is 0 Å². The highest BCUT2D eigenvalue weighted by molar-refractivity contribution is 5.28. The molecule has 1 unspecified atom stereocenters. The fourth-order valence-corrected chi connectivity index (χ4v) is 1.31. The Morgan fingerprint density at radius 2 is 2.40 bits per heavy atom. The van der Waals surface area contributed by atoms with E-state index >= 15 is 0 Å². The number of aromatic nitrogens is 2. The zero-order chi connectivity index (χ0) is 11.1. The third-order valence-electron chi connectivity index (χ3n) is 2.09. The van der Waals surface area contributed by atoms with Crippen molar-refractivity contribution in [2.24, 2.45) is 5.73 Å². The first-order chi connectivity index (χ1) is 7.30. The monoisotopic (exact) mass is 210 g/mol. The highest BCUT2D eigenvalue weighted by Crippen LogP contribution is 2.09. The largest absolute Gasteiger partial charge is 0.481 e. The molecule has 0 bridgehead atoms. The number of ether oxygens (including phenoxy) is 1. The molecule has 5 heteroatoms. The second-order valence-electron chi connectivity index (χ2n) is 3.29.